The van der Waals surface area contributed by atoms with E-state index in [0.29, 0.717) is 39.3 Å². The maximum atomic E-state index is 10.0. The first-order valence-electron chi connectivity index (χ1n) is 16.4. The number of rotatable bonds is 4. The number of benzene rings is 2. The highest BCUT2D eigenvalue weighted by Gasteiger charge is 2.77. The molecule has 9 aliphatic rings. The number of hydrogen-bond acceptors (Lipinski definition) is 6. The molecule has 1 heterocycles. The molecule has 0 amide bonds. The van der Waals surface area contributed by atoms with Gasteiger partial charge in [0.05, 0.1) is 17.2 Å². The van der Waals surface area contributed by atoms with Crippen LogP contribution in [0.4, 0.5) is 0 Å². The van der Waals surface area contributed by atoms with E-state index in [4.69, 9.17) is 42.5 Å². The molecule has 2 aromatic carbocycles. The quantitative estimate of drug-likeness (QED) is 0.252. The van der Waals surface area contributed by atoms with Gasteiger partial charge in [-0.1, -0.05) is 48.8 Å². The fraction of sp³-hybridized carbons (Fsp3) is 0.622. The van der Waals surface area contributed by atoms with Gasteiger partial charge in [0.15, 0.2) is 5.60 Å². The highest BCUT2D eigenvalue weighted by atomic mass is 35.5. The molecule has 2 aromatic rings. The van der Waals surface area contributed by atoms with Gasteiger partial charge in [-0.25, -0.2) is 4.89 Å². The fourth-order valence-electron chi connectivity index (χ4n) is 11.2. The van der Waals surface area contributed by atoms with Gasteiger partial charge in [0.25, 0.3) is 5.79 Å². The Labute approximate surface area is 276 Å². The summed E-state index contributed by atoms with van der Waals surface area (Å²) in [6.07, 6.45) is 12.8. The Balaban J connectivity index is 0.000000142. The summed E-state index contributed by atoms with van der Waals surface area (Å²) in [5, 5.41) is 20.6. The van der Waals surface area contributed by atoms with Crippen LogP contribution in [-0.4, -0.2) is 30.0 Å². The van der Waals surface area contributed by atoms with E-state index in [0.717, 1.165) is 35.0 Å². The molecule has 45 heavy (non-hydrogen) atoms. The zero-order valence-electron chi connectivity index (χ0n) is 25.4. The first-order chi connectivity index (χ1) is 21.3. The Morgan fingerprint density at radius 3 is 1.71 bits per heavy atom. The third kappa shape index (κ3) is 4.60. The van der Waals surface area contributed by atoms with Gasteiger partial charge in [0.2, 0.25) is 0 Å². The van der Waals surface area contributed by atoms with Gasteiger partial charge in [-0.15, -0.1) is 0 Å². The van der Waals surface area contributed by atoms with Gasteiger partial charge in [-0.2, -0.15) is 4.89 Å². The van der Waals surface area contributed by atoms with Gasteiger partial charge in [0.1, 0.15) is 17.3 Å². The summed E-state index contributed by atoms with van der Waals surface area (Å²) in [5.74, 6) is 5.78. The van der Waals surface area contributed by atoms with E-state index in [-0.39, 0.29) is 18.9 Å². The van der Waals surface area contributed by atoms with E-state index in [1.807, 2.05) is 18.2 Å². The minimum Gasteiger partial charge on any atom is -0.506 e. The molecule has 8 bridgehead atoms. The molecule has 6 nitrogen and oxygen atoms in total. The summed E-state index contributed by atoms with van der Waals surface area (Å²) in [6, 6.07) is 10.7. The number of ether oxygens (including phenoxy) is 2. The highest BCUT2D eigenvalue weighted by molar-refractivity contribution is 6.33. The average molecular weight is 658 g/mol. The lowest BCUT2D eigenvalue weighted by atomic mass is 9.47. The molecule has 8 saturated carbocycles. The van der Waals surface area contributed by atoms with Crippen LogP contribution >= 0.6 is 23.2 Å². The largest absolute Gasteiger partial charge is 0.506 e. The maximum Gasteiger partial charge on any atom is 0.262 e. The average Bonchev–Trinajstić information content (AvgIpc) is 2.98. The first kappa shape index (κ1) is 31.6. The van der Waals surface area contributed by atoms with Crippen molar-refractivity contribution in [2.24, 2.45) is 47.3 Å². The molecule has 1 atom stereocenters. The molecule has 1 aliphatic heterocycles. The molecular weight excluding hydrogens is 611 g/mol. The van der Waals surface area contributed by atoms with Crippen LogP contribution in [0.2, 0.25) is 10.0 Å². The third-order valence-corrected chi connectivity index (χ3v) is 13.3. The molecule has 8 aliphatic carbocycles. The van der Waals surface area contributed by atoms with Crippen molar-refractivity contribution in [3.63, 3.8) is 0 Å². The molecule has 8 heteroatoms. The van der Waals surface area contributed by atoms with Gasteiger partial charge < -0.3 is 19.7 Å². The van der Waals surface area contributed by atoms with Crippen molar-refractivity contribution >= 4 is 29.0 Å². The molecule has 0 radical (unpaired) electrons. The van der Waals surface area contributed by atoms with Crippen molar-refractivity contribution in [3.8, 4) is 11.5 Å². The van der Waals surface area contributed by atoms with Gasteiger partial charge >= 0.3 is 0 Å². The molecule has 1 unspecified atom stereocenters. The van der Waals surface area contributed by atoms with Crippen molar-refractivity contribution in [2.45, 2.75) is 83.0 Å². The number of aromatic hydroxyl groups is 2. The van der Waals surface area contributed by atoms with Crippen LogP contribution in [0.15, 0.2) is 42.0 Å². The highest BCUT2D eigenvalue weighted by Crippen LogP contribution is 2.70. The number of phenolic OH excluding ortho intramolecular Hbond substituents is 2. The van der Waals surface area contributed by atoms with Crippen LogP contribution in [0, 0.1) is 47.3 Å². The summed E-state index contributed by atoms with van der Waals surface area (Å²) in [7, 11) is 3.38. The molecular formula is C37H46Cl2O6. The standard InChI is InChI=1S/C18H21ClO4.C18H21ClO2.CH4/c1-21-18(14-3-2-4-15(20)16(14)19)17(22-23-18)12-6-10-5-11(8-12)9-13(17)7-10;1-21-18(14-3-2-4-15(20)17(14)19)16-12-6-10-5-11(8-12)9-13(16)7-10;/h2-4,10-13,20H,5-9H2,1H3;2-4,10-13,20H,5-9H2,1H3;1H4. The Kier molecular flexibility index (Phi) is 8.17. The Bertz CT molecular complexity index is 1430. The predicted molar refractivity (Wildman–Crippen MR) is 175 cm³/mol. The summed E-state index contributed by atoms with van der Waals surface area (Å²) in [4.78, 5) is 11.5. The number of halogens is 2. The SMILES string of the molecule is C.COC(=C1C2CC3CC(C2)CC1C3)c1cccc(O)c1Cl.COC1(c2cccc(O)c2Cl)OOC12C1CC3CC(C1)CC2C3. The van der Waals surface area contributed by atoms with Gasteiger partial charge in [0, 0.05) is 18.2 Å². The lowest BCUT2D eigenvalue weighted by Gasteiger charge is -2.68. The van der Waals surface area contributed by atoms with Crippen LogP contribution < -0.4 is 0 Å². The van der Waals surface area contributed by atoms with Gasteiger partial charge in [-0.05, 0) is 135 Å². The Hall–Kier alpha value is -1.96. The minimum absolute atomic E-state index is 0. The van der Waals surface area contributed by atoms with Gasteiger partial charge in [-0.3, -0.25) is 0 Å². The van der Waals surface area contributed by atoms with Crippen molar-refractivity contribution in [3.05, 3.63) is 63.1 Å². The fourth-order valence-corrected chi connectivity index (χ4v) is 11.7. The van der Waals surface area contributed by atoms with E-state index in [9.17, 15) is 10.2 Å². The lowest BCUT2D eigenvalue weighted by molar-refractivity contribution is -0.645. The number of phenols is 2. The summed E-state index contributed by atoms with van der Waals surface area (Å²) < 4.78 is 11.7. The van der Waals surface area contributed by atoms with Crippen molar-refractivity contribution < 1.29 is 29.5 Å². The Morgan fingerprint density at radius 2 is 1.22 bits per heavy atom. The second-order valence-electron chi connectivity index (χ2n) is 14.7. The zero-order chi connectivity index (χ0) is 30.4. The van der Waals surface area contributed by atoms with Crippen LogP contribution in [0.25, 0.3) is 5.76 Å². The summed E-state index contributed by atoms with van der Waals surface area (Å²) >= 11 is 12.7. The molecule has 1 saturated heterocycles. The molecule has 0 aromatic heterocycles. The van der Waals surface area contributed by atoms with Crippen molar-refractivity contribution in [1.29, 1.82) is 0 Å². The normalized spacial score (nSPS) is 39.6. The van der Waals surface area contributed by atoms with E-state index >= 15 is 0 Å². The molecule has 2 N–H and O–H groups in total. The number of hydrogen-bond donors (Lipinski definition) is 2. The summed E-state index contributed by atoms with van der Waals surface area (Å²) in [5.41, 5.74) is 2.53. The topological polar surface area (TPSA) is 77.4 Å². The number of allylic oxidation sites excluding steroid dienone is 1. The Morgan fingerprint density at radius 1 is 0.711 bits per heavy atom. The van der Waals surface area contributed by atoms with Crippen molar-refractivity contribution in [1.82, 2.24) is 0 Å². The van der Waals surface area contributed by atoms with E-state index < -0.39 is 11.4 Å². The van der Waals surface area contributed by atoms with Crippen LogP contribution in [-0.2, 0) is 25.0 Å². The second-order valence-corrected chi connectivity index (χ2v) is 15.4. The third-order valence-electron chi connectivity index (χ3n) is 12.5. The van der Waals surface area contributed by atoms with Crippen molar-refractivity contribution in [2.75, 3.05) is 14.2 Å². The molecule has 1 spiro atoms. The van der Waals surface area contributed by atoms with Crippen LogP contribution in [0.3, 0.4) is 0 Å². The molecule has 11 rings (SSSR count). The van der Waals surface area contributed by atoms with E-state index in [1.54, 1.807) is 32.4 Å². The number of methoxy groups -OCH3 is 2. The monoisotopic (exact) mass is 656 g/mol. The zero-order valence-corrected chi connectivity index (χ0v) is 26.9. The maximum absolute atomic E-state index is 10.0. The lowest BCUT2D eigenvalue weighted by Crippen LogP contribution is -2.76. The predicted octanol–water partition coefficient (Wildman–Crippen LogP) is 9.50. The van der Waals surface area contributed by atoms with Crippen LogP contribution in [0.1, 0.15) is 82.8 Å². The first-order valence-corrected chi connectivity index (χ1v) is 17.2. The van der Waals surface area contributed by atoms with E-state index in [2.05, 4.69) is 0 Å². The minimum atomic E-state index is -1.01. The van der Waals surface area contributed by atoms with Crippen LogP contribution in [0.5, 0.6) is 11.5 Å². The second kappa shape index (κ2) is 11.6. The summed E-state index contributed by atoms with van der Waals surface area (Å²) in [6.45, 7) is 0. The van der Waals surface area contributed by atoms with E-state index in [1.165, 1.54) is 69.8 Å². The molecule has 244 valence electrons. The smallest absolute Gasteiger partial charge is 0.262 e. The molecule has 9 fully saturated rings.